The number of aliphatic hydroxyl groups is 1. The quantitative estimate of drug-likeness (QED) is 0.848. The van der Waals surface area contributed by atoms with Crippen LogP contribution in [0.3, 0.4) is 0 Å². The Labute approximate surface area is 110 Å². The Morgan fingerprint density at radius 3 is 2.44 bits per heavy atom. The SMILES string of the molecule is CCCCC(C)C(O)(Cn1cncn1)C(C)(C)C. The molecule has 1 aromatic heterocycles. The Balaban J connectivity index is 2.88. The second-order valence-corrected chi connectivity index (χ2v) is 6.31. The van der Waals surface area contributed by atoms with Crippen LogP contribution in [0, 0.1) is 11.3 Å². The zero-order valence-corrected chi connectivity index (χ0v) is 12.3. The van der Waals surface area contributed by atoms with Crippen molar-refractivity contribution < 1.29 is 5.11 Å². The predicted octanol–water partition coefficient (Wildman–Crippen LogP) is 2.88. The van der Waals surface area contributed by atoms with Crippen molar-refractivity contribution in [2.24, 2.45) is 11.3 Å². The summed E-state index contributed by atoms with van der Waals surface area (Å²) in [4.78, 5) is 3.95. The van der Waals surface area contributed by atoms with E-state index in [2.05, 4.69) is 44.7 Å². The summed E-state index contributed by atoms with van der Waals surface area (Å²) >= 11 is 0. The fourth-order valence-electron chi connectivity index (χ4n) is 2.44. The molecule has 0 spiro atoms. The minimum atomic E-state index is -0.768. The molecule has 18 heavy (non-hydrogen) atoms. The highest BCUT2D eigenvalue weighted by Crippen LogP contribution is 2.39. The molecule has 4 heteroatoms. The molecule has 104 valence electrons. The Bertz CT molecular complexity index is 342. The molecular formula is C14H27N3O. The minimum Gasteiger partial charge on any atom is -0.387 e. The molecule has 0 bridgehead atoms. The Morgan fingerprint density at radius 2 is 2.00 bits per heavy atom. The zero-order chi connectivity index (χ0) is 13.8. The van der Waals surface area contributed by atoms with Gasteiger partial charge in [-0.1, -0.05) is 47.5 Å². The first-order valence-corrected chi connectivity index (χ1v) is 6.86. The van der Waals surface area contributed by atoms with E-state index in [1.165, 1.54) is 6.33 Å². The molecule has 1 aromatic rings. The van der Waals surface area contributed by atoms with Gasteiger partial charge in [-0.05, 0) is 17.8 Å². The van der Waals surface area contributed by atoms with Crippen LogP contribution in [0.15, 0.2) is 12.7 Å². The van der Waals surface area contributed by atoms with Gasteiger partial charge in [0.2, 0.25) is 0 Å². The maximum atomic E-state index is 11.1. The molecule has 0 aliphatic carbocycles. The van der Waals surface area contributed by atoms with Gasteiger partial charge in [-0.2, -0.15) is 5.10 Å². The van der Waals surface area contributed by atoms with E-state index in [4.69, 9.17) is 0 Å². The summed E-state index contributed by atoms with van der Waals surface area (Å²) in [5.74, 6) is 0.238. The van der Waals surface area contributed by atoms with Crippen LogP contribution < -0.4 is 0 Å². The number of rotatable bonds is 6. The number of hydrogen-bond donors (Lipinski definition) is 1. The molecule has 4 nitrogen and oxygen atoms in total. The van der Waals surface area contributed by atoms with Crippen molar-refractivity contribution in [1.82, 2.24) is 14.8 Å². The van der Waals surface area contributed by atoms with E-state index in [1.54, 1.807) is 11.0 Å². The monoisotopic (exact) mass is 253 g/mol. The number of unbranched alkanes of at least 4 members (excludes halogenated alkanes) is 1. The first-order valence-electron chi connectivity index (χ1n) is 6.86. The van der Waals surface area contributed by atoms with E-state index < -0.39 is 5.60 Å². The molecule has 0 fully saturated rings. The lowest BCUT2D eigenvalue weighted by molar-refractivity contribution is -0.116. The largest absolute Gasteiger partial charge is 0.387 e. The zero-order valence-electron chi connectivity index (χ0n) is 12.3. The normalized spacial score (nSPS) is 17.4. The lowest BCUT2D eigenvalue weighted by atomic mass is 9.68. The van der Waals surface area contributed by atoms with Crippen LogP contribution >= 0.6 is 0 Å². The summed E-state index contributed by atoms with van der Waals surface area (Å²) in [6.45, 7) is 11.1. The van der Waals surface area contributed by atoms with Gasteiger partial charge in [0.15, 0.2) is 0 Å². The fourth-order valence-corrected chi connectivity index (χ4v) is 2.44. The molecule has 1 N–H and O–H groups in total. The molecule has 0 saturated carbocycles. The van der Waals surface area contributed by atoms with Gasteiger partial charge in [0.05, 0.1) is 12.1 Å². The highest BCUT2D eigenvalue weighted by molar-refractivity contribution is 4.94. The first kappa shape index (κ1) is 15.2. The number of nitrogens with zero attached hydrogens (tertiary/aromatic N) is 3. The third-order valence-electron chi connectivity index (χ3n) is 3.97. The van der Waals surface area contributed by atoms with Gasteiger partial charge < -0.3 is 5.11 Å². The van der Waals surface area contributed by atoms with Crippen molar-refractivity contribution in [2.75, 3.05) is 0 Å². The van der Waals surface area contributed by atoms with Crippen LogP contribution in [0.1, 0.15) is 53.9 Å². The van der Waals surface area contributed by atoms with Crippen LogP contribution in [-0.4, -0.2) is 25.5 Å². The van der Waals surface area contributed by atoms with Crippen molar-refractivity contribution in [3.8, 4) is 0 Å². The summed E-state index contributed by atoms with van der Waals surface area (Å²) in [5.41, 5.74) is -0.956. The van der Waals surface area contributed by atoms with Crippen LogP contribution in [-0.2, 0) is 6.54 Å². The van der Waals surface area contributed by atoms with E-state index in [0.717, 1.165) is 19.3 Å². The first-order chi connectivity index (χ1) is 8.31. The van der Waals surface area contributed by atoms with E-state index >= 15 is 0 Å². The van der Waals surface area contributed by atoms with Crippen LogP contribution in [0.5, 0.6) is 0 Å². The van der Waals surface area contributed by atoms with Gasteiger partial charge in [0.1, 0.15) is 12.7 Å². The standard InChI is InChI=1S/C14H27N3O/c1-6-7-8-12(2)14(18,13(3,4)5)9-17-11-15-10-16-17/h10-12,18H,6-9H2,1-5H3. The Kier molecular flexibility index (Phi) is 4.91. The topological polar surface area (TPSA) is 50.9 Å². The van der Waals surface area contributed by atoms with Gasteiger partial charge in [-0.3, -0.25) is 4.68 Å². The summed E-state index contributed by atoms with van der Waals surface area (Å²) in [7, 11) is 0. The Hall–Kier alpha value is -0.900. The van der Waals surface area contributed by atoms with Crippen LogP contribution in [0.2, 0.25) is 0 Å². The van der Waals surface area contributed by atoms with Crippen molar-refractivity contribution in [1.29, 1.82) is 0 Å². The third kappa shape index (κ3) is 3.31. The summed E-state index contributed by atoms with van der Waals surface area (Å²) in [5, 5.41) is 15.2. The maximum absolute atomic E-state index is 11.1. The molecule has 0 aliphatic rings. The average molecular weight is 253 g/mol. The van der Waals surface area contributed by atoms with E-state index in [9.17, 15) is 5.11 Å². The van der Waals surface area contributed by atoms with Gasteiger partial charge in [0, 0.05) is 0 Å². The molecular weight excluding hydrogens is 226 g/mol. The summed E-state index contributed by atoms with van der Waals surface area (Å²) in [6.07, 6.45) is 6.53. The number of hydrogen-bond acceptors (Lipinski definition) is 3. The second-order valence-electron chi connectivity index (χ2n) is 6.31. The van der Waals surface area contributed by atoms with Gasteiger partial charge >= 0.3 is 0 Å². The predicted molar refractivity (Wildman–Crippen MR) is 73.1 cm³/mol. The van der Waals surface area contributed by atoms with Crippen molar-refractivity contribution in [3.05, 3.63) is 12.7 Å². The molecule has 0 aliphatic heterocycles. The molecule has 0 aromatic carbocycles. The van der Waals surface area contributed by atoms with Crippen LogP contribution in [0.4, 0.5) is 0 Å². The molecule has 0 saturated heterocycles. The average Bonchev–Trinajstić information content (AvgIpc) is 2.76. The second kappa shape index (κ2) is 5.83. The van der Waals surface area contributed by atoms with Gasteiger partial charge in [-0.25, -0.2) is 4.98 Å². The summed E-state index contributed by atoms with van der Waals surface area (Å²) in [6, 6.07) is 0. The van der Waals surface area contributed by atoms with Gasteiger partial charge in [-0.15, -0.1) is 0 Å². The van der Waals surface area contributed by atoms with Crippen LogP contribution in [0.25, 0.3) is 0 Å². The lowest BCUT2D eigenvalue weighted by Crippen LogP contribution is -2.51. The number of aromatic nitrogens is 3. The van der Waals surface area contributed by atoms with Crippen molar-refractivity contribution >= 4 is 0 Å². The highest BCUT2D eigenvalue weighted by atomic mass is 16.3. The minimum absolute atomic E-state index is 0.188. The molecule has 0 radical (unpaired) electrons. The lowest BCUT2D eigenvalue weighted by Gasteiger charge is -2.44. The summed E-state index contributed by atoms with van der Waals surface area (Å²) < 4.78 is 1.73. The van der Waals surface area contributed by atoms with E-state index in [1.807, 2.05) is 0 Å². The Morgan fingerprint density at radius 1 is 1.33 bits per heavy atom. The van der Waals surface area contributed by atoms with Crippen molar-refractivity contribution in [3.63, 3.8) is 0 Å². The molecule has 1 rings (SSSR count). The highest BCUT2D eigenvalue weighted by Gasteiger charge is 2.44. The maximum Gasteiger partial charge on any atom is 0.137 e. The third-order valence-corrected chi connectivity index (χ3v) is 3.97. The fraction of sp³-hybridized carbons (Fsp3) is 0.857. The molecule has 1 heterocycles. The smallest absolute Gasteiger partial charge is 0.137 e. The van der Waals surface area contributed by atoms with E-state index in [0.29, 0.717) is 6.54 Å². The molecule has 2 unspecified atom stereocenters. The molecule has 0 amide bonds. The van der Waals surface area contributed by atoms with Crippen molar-refractivity contribution in [2.45, 2.75) is 66.0 Å². The molecule has 2 atom stereocenters. The van der Waals surface area contributed by atoms with Gasteiger partial charge in [0.25, 0.3) is 0 Å². The van der Waals surface area contributed by atoms with E-state index in [-0.39, 0.29) is 11.3 Å².